The second kappa shape index (κ2) is 8.34. The Kier molecular flexibility index (Phi) is 5.71. The molecule has 4 aromatic rings. The van der Waals surface area contributed by atoms with Gasteiger partial charge in [0, 0.05) is 30.0 Å². The molecule has 4 rings (SSSR count). The third-order valence-electron chi connectivity index (χ3n) is 5.28. The van der Waals surface area contributed by atoms with Crippen molar-refractivity contribution in [2.45, 2.75) is 25.5 Å². The number of rotatable bonds is 6. The van der Waals surface area contributed by atoms with Gasteiger partial charge in [0.25, 0.3) is 0 Å². The van der Waals surface area contributed by atoms with Crippen molar-refractivity contribution < 1.29 is 9.46 Å². The molecule has 164 valence electrons. The van der Waals surface area contributed by atoms with Crippen LogP contribution in [0.1, 0.15) is 25.0 Å². The smallest absolute Gasteiger partial charge is 0.201 e. The molecule has 1 unspecified atom stereocenters. The zero-order chi connectivity index (χ0) is 22.9. The average Bonchev–Trinajstić information content (AvgIpc) is 2.74. The lowest BCUT2D eigenvalue weighted by Gasteiger charge is -2.28. The Morgan fingerprint density at radius 3 is 2.56 bits per heavy atom. The predicted molar refractivity (Wildman–Crippen MR) is 130 cm³/mol. The molecule has 2 aromatic heterocycles. The van der Waals surface area contributed by atoms with E-state index in [4.69, 9.17) is 10.7 Å². The number of hydrogen-bond donors (Lipinski definition) is 3. The number of aromatic nitrogens is 3. The van der Waals surface area contributed by atoms with E-state index in [-0.39, 0.29) is 6.16 Å². The minimum atomic E-state index is -3.12. The number of nitrogens with zero attached hydrogens (tertiary/aromatic N) is 3. The molecule has 2 aromatic carbocycles. The van der Waals surface area contributed by atoms with Crippen LogP contribution in [0.2, 0.25) is 0 Å². The van der Waals surface area contributed by atoms with Gasteiger partial charge in [-0.1, -0.05) is 36.4 Å². The van der Waals surface area contributed by atoms with Crippen molar-refractivity contribution in [3.8, 4) is 11.3 Å². The molecular formula is C24H26N5O2P. The Hall–Kier alpha value is -3.28. The van der Waals surface area contributed by atoms with E-state index in [9.17, 15) is 9.46 Å². The van der Waals surface area contributed by atoms with Crippen LogP contribution in [0.3, 0.4) is 0 Å². The Morgan fingerprint density at radius 1 is 1.09 bits per heavy atom. The van der Waals surface area contributed by atoms with Crippen LogP contribution < -0.4 is 11.1 Å². The number of benzene rings is 2. The van der Waals surface area contributed by atoms with Gasteiger partial charge in [0.2, 0.25) is 7.37 Å². The zero-order valence-electron chi connectivity index (χ0n) is 18.3. The summed E-state index contributed by atoms with van der Waals surface area (Å²) in [5, 5.41) is 4.49. The molecule has 32 heavy (non-hydrogen) atoms. The molecule has 0 aliphatic heterocycles. The molecule has 1 atom stereocenters. The SMILES string of the molecule is CC(C)(Nc1nc(-c2ccc(CP(C)(=O)O)cc2)cnc1N)c1ccc2ncccc2c1. The van der Waals surface area contributed by atoms with Gasteiger partial charge in [0.1, 0.15) is 0 Å². The average molecular weight is 447 g/mol. The molecular weight excluding hydrogens is 421 g/mol. The first-order chi connectivity index (χ1) is 15.1. The fraction of sp³-hybridized carbons (Fsp3) is 0.208. The summed E-state index contributed by atoms with van der Waals surface area (Å²) >= 11 is 0. The topological polar surface area (TPSA) is 114 Å². The van der Waals surface area contributed by atoms with Crippen molar-refractivity contribution >= 4 is 29.9 Å². The molecule has 0 aliphatic rings. The number of hydrogen-bond acceptors (Lipinski definition) is 6. The van der Waals surface area contributed by atoms with Gasteiger partial charge in [-0.15, -0.1) is 0 Å². The summed E-state index contributed by atoms with van der Waals surface area (Å²) in [5.41, 5.74) is 10.00. The largest absolute Gasteiger partial charge is 0.381 e. The van der Waals surface area contributed by atoms with Crippen LogP contribution in [0.5, 0.6) is 0 Å². The highest BCUT2D eigenvalue weighted by Gasteiger charge is 2.23. The summed E-state index contributed by atoms with van der Waals surface area (Å²) in [4.78, 5) is 23.0. The lowest BCUT2D eigenvalue weighted by molar-refractivity contribution is 0.484. The summed E-state index contributed by atoms with van der Waals surface area (Å²) < 4.78 is 11.7. The number of pyridine rings is 1. The predicted octanol–water partition coefficient (Wildman–Crippen LogP) is 5.02. The van der Waals surface area contributed by atoms with Gasteiger partial charge < -0.3 is 15.9 Å². The minimum absolute atomic E-state index is 0.142. The Balaban J connectivity index is 1.61. The maximum atomic E-state index is 11.7. The monoisotopic (exact) mass is 447 g/mol. The zero-order valence-corrected chi connectivity index (χ0v) is 19.2. The number of nitrogen functional groups attached to an aromatic ring is 1. The third kappa shape index (κ3) is 4.96. The van der Waals surface area contributed by atoms with Crippen molar-refractivity contribution in [3.63, 3.8) is 0 Å². The quantitative estimate of drug-likeness (QED) is 0.356. The van der Waals surface area contributed by atoms with Crippen LogP contribution in [-0.4, -0.2) is 26.5 Å². The fourth-order valence-electron chi connectivity index (χ4n) is 3.58. The molecule has 7 nitrogen and oxygen atoms in total. The van der Waals surface area contributed by atoms with Gasteiger partial charge >= 0.3 is 0 Å². The van der Waals surface area contributed by atoms with E-state index < -0.39 is 12.9 Å². The first-order valence-electron chi connectivity index (χ1n) is 10.3. The Bertz CT molecular complexity index is 1320. The molecule has 0 saturated heterocycles. The molecule has 0 saturated carbocycles. The van der Waals surface area contributed by atoms with Gasteiger partial charge in [-0.3, -0.25) is 9.55 Å². The van der Waals surface area contributed by atoms with E-state index in [0.29, 0.717) is 17.3 Å². The van der Waals surface area contributed by atoms with Gasteiger partial charge in [-0.05, 0) is 43.2 Å². The Morgan fingerprint density at radius 2 is 1.84 bits per heavy atom. The molecule has 8 heteroatoms. The second-order valence-corrected chi connectivity index (χ2v) is 11.0. The highest BCUT2D eigenvalue weighted by molar-refractivity contribution is 7.56. The molecule has 0 radical (unpaired) electrons. The van der Waals surface area contributed by atoms with E-state index >= 15 is 0 Å². The highest BCUT2D eigenvalue weighted by Crippen LogP contribution is 2.40. The molecule has 0 amide bonds. The van der Waals surface area contributed by atoms with Crippen LogP contribution in [0, 0.1) is 0 Å². The van der Waals surface area contributed by atoms with Crippen LogP contribution in [-0.2, 0) is 16.3 Å². The van der Waals surface area contributed by atoms with E-state index in [1.807, 2.05) is 48.5 Å². The van der Waals surface area contributed by atoms with Crippen LogP contribution in [0.15, 0.2) is 67.0 Å². The van der Waals surface area contributed by atoms with Crippen molar-refractivity contribution in [2.24, 2.45) is 0 Å². The van der Waals surface area contributed by atoms with Gasteiger partial charge in [-0.25, -0.2) is 9.97 Å². The standard InChI is InChI=1S/C24H26N5O2P/c1-24(2,19-10-11-20-18(13-19)5-4-12-26-20)29-23-22(25)27-14-21(28-23)17-8-6-16(7-9-17)15-32(3,30)31/h4-14H,15H2,1-3H3,(H2,25,27)(H,28,29)(H,30,31). The van der Waals surface area contributed by atoms with Gasteiger partial charge in [-0.2, -0.15) is 0 Å². The number of fused-ring (bicyclic) bond motifs is 1. The first-order valence-corrected chi connectivity index (χ1v) is 12.5. The van der Waals surface area contributed by atoms with Crippen molar-refractivity contribution in [3.05, 3.63) is 78.1 Å². The maximum Gasteiger partial charge on any atom is 0.201 e. The summed E-state index contributed by atoms with van der Waals surface area (Å²) in [6.45, 7) is 5.48. The molecule has 0 spiro atoms. The molecule has 0 aliphatic carbocycles. The maximum absolute atomic E-state index is 11.7. The third-order valence-corrected chi connectivity index (χ3v) is 6.23. The van der Waals surface area contributed by atoms with E-state index in [1.165, 1.54) is 6.66 Å². The van der Waals surface area contributed by atoms with Crippen LogP contribution in [0.4, 0.5) is 11.6 Å². The minimum Gasteiger partial charge on any atom is -0.381 e. The van der Waals surface area contributed by atoms with Crippen molar-refractivity contribution in [2.75, 3.05) is 17.7 Å². The molecule has 0 fully saturated rings. The fourth-order valence-corrected chi connectivity index (χ4v) is 4.47. The van der Waals surface area contributed by atoms with Crippen LogP contribution in [0.25, 0.3) is 22.2 Å². The number of nitrogens with two attached hydrogens (primary N) is 1. The highest BCUT2D eigenvalue weighted by atomic mass is 31.2. The van der Waals surface area contributed by atoms with E-state index in [2.05, 4.69) is 35.2 Å². The molecule has 0 bridgehead atoms. The van der Waals surface area contributed by atoms with Crippen molar-refractivity contribution in [1.29, 1.82) is 0 Å². The lowest BCUT2D eigenvalue weighted by Crippen LogP contribution is -2.29. The number of anilines is 2. The van der Waals surface area contributed by atoms with E-state index in [1.54, 1.807) is 12.4 Å². The number of nitrogens with one attached hydrogen (secondary N) is 1. The Labute approximate surface area is 187 Å². The van der Waals surface area contributed by atoms with Crippen molar-refractivity contribution in [1.82, 2.24) is 15.0 Å². The molecule has 2 heterocycles. The summed E-state index contributed by atoms with van der Waals surface area (Å²) in [7, 11) is -3.12. The summed E-state index contributed by atoms with van der Waals surface area (Å²) in [6, 6.07) is 17.5. The lowest BCUT2D eigenvalue weighted by atomic mass is 9.93. The van der Waals surface area contributed by atoms with E-state index in [0.717, 1.165) is 27.6 Å². The summed E-state index contributed by atoms with van der Waals surface area (Å²) in [6.07, 6.45) is 3.55. The first kappa shape index (κ1) is 21.9. The second-order valence-electron chi connectivity index (χ2n) is 8.56. The molecule has 4 N–H and O–H groups in total. The normalized spacial score (nSPS) is 13.6. The van der Waals surface area contributed by atoms with Gasteiger partial charge in [0.15, 0.2) is 11.6 Å². The van der Waals surface area contributed by atoms with Crippen LogP contribution >= 0.6 is 7.37 Å². The van der Waals surface area contributed by atoms with Gasteiger partial charge in [0.05, 0.1) is 22.9 Å². The summed E-state index contributed by atoms with van der Waals surface area (Å²) in [5.74, 6) is 0.810.